The second-order valence-corrected chi connectivity index (χ2v) is 10.9. The number of hydrogen-bond acceptors (Lipinski definition) is 5. The third kappa shape index (κ3) is 4.73. The zero-order valence-corrected chi connectivity index (χ0v) is 22.8. The number of anilines is 2. The Morgan fingerprint density at radius 2 is 1.61 bits per heavy atom. The number of ether oxygens (including phenoxy) is 1. The van der Waals surface area contributed by atoms with Gasteiger partial charge in [-0.15, -0.1) is 0 Å². The first-order chi connectivity index (χ1) is 17.4. The standard InChI is InChI=1S/C31H40N4O/c1-20(2)24-11-10-21(3)28(18-24)35-17-14-27-26(19-35)31(34-15-12-25(36-6)13-16-34)33-30(32-27)29-22(4)8-7-9-23(29)5/h7-11,18,20,25H,12-17,19H2,1-6H3. The molecular weight excluding hydrogens is 444 g/mol. The molecule has 3 heterocycles. The van der Waals surface area contributed by atoms with E-state index in [0.29, 0.717) is 12.0 Å². The van der Waals surface area contributed by atoms with Gasteiger partial charge in [-0.25, -0.2) is 9.97 Å². The lowest BCUT2D eigenvalue weighted by molar-refractivity contribution is 0.0817. The Morgan fingerprint density at radius 3 is 2.28 bits per heavy atom. The van der Waals surface area contributed by atoms with Gasteiger partial charge >= 0.3 is 0 Å². The van der Waals surface area contributed by atoms with E-state index >= 15 is 0 Å². The van der Waals surface area contributed by atoms with E-state index in [1.54, 1.807) is 0 Å². The van der Waals surface area contributed by atoms with Crippen LogP contribution in [0.15, 0.2) is 36.4 Å². The third-order valence-corrected chi connectivity index (χ3v) is 8.06. The van der Waals surface area contributed by atoms with Crippen molar-refractivity contribution in [3.63, 3.8) is 0 Å². The van der Waals surface area contributed by atoms with E-state index in [2.05, 4.69) is 80.8 Å². The molecule has 0 bridgehead atoms. The third-order valence-electron chi connectivity index (χ3n) is 8.06. The predicted octanol–water partition coefficient (Wildman–Crippen LogP) is 6.37. The van der Waals surface area contributed by atoms with Gasteiger partial charge < -0.3 is 14.5 Å². The molecule has 3 aromatic rings. The number of rotatable bonds is 5. The van der Waals surface area contributed by atoms with Crippen LogP contribution in [-0.2, 0) is 17.7 Å². The minimum absolute atomic E-state index is 0.343. The Bertz CT molecular complexity index is 1220. The average molecular weight is 485 g/mol. The Kier molecular flexibility index (Phi) is 7.03. The molecule has 5 rings (SSSR count). The van der Waals surface area contributed by atoms with Crippen LogP contribution in [0.4, 0.5) is 11.5 Å². The molecule has 0 N–H and O–H groups in total. The molecular formula is C31H40N4O. The van der Waals surface area contributed by atoms with Crippen LogP contribution in [0.1, 0.15) is 66.1 Å². The van der Waals surface area contributed by atoms with Gasteiger partial charge in [0.2, 0.25) is 0 Å². The van der Waals surface area contributed by atoms with Crippen LogP contribution in [-0.4, -0.2) is 42.8 Å². The Labute approximate surface area is 216 Å². The number of methoxy groups -OCH3 is 1. The molecule has 2 aliphatic heterocycles. The highest BCUT2D eigenvalue weighted by atomic mass is 16.5. The zero-order chi connectivity index (χ0) is 25.4. The number of hydrogen-bond donors (Lipinski definition) is 0. The molecule has 190 valence electrons. The minimum Gasteiger partial charge on any atom is -0.381 e. The topological polar surface area (TPSA) is 41.5 Å². The van der Waals surface area contributed by atoms with Gasteiger partial charge in [-0.05, 0) is 67.9 Å². The van der Waals surface area contributed by atoms with Gasteiger partial charge in [0.25, 0.3) is 0 Å². The van der Waals surface area contributed by atoms with E-state index < -0.39 is 0 Å². The summed E-state index contributed by atoms with van der Waals surface area (Å²) in [6.45, 7) is 14.9. The minimum atomic E-state index is 0.343. The number of benzene rings is 2. The van der Waals surface area contributed by atoms with Gasteiger partial charge in [-0.1, -0.05) is 44.2 Å². The highest BCUT2D eigenvalue weighted by Crippen LogP contribution is 2.36. The number of fused-ring (bicyclic) bond motifs is 1. The summed E-state index contributed by atoms with van der Waals surface area (Å²) in [6, 6.07) is 13.4. The van der Waals surface area contributed by atoms with Gasteiger partial charge in [0.1, 0.15) is 5.82 Å². The van der Waals surface area contributed by atoms with Crippen LogP contribution in [0.2, 0.25) is 0 Å². The van der Waals surface area contributed by atoms with E-state index in [-0.39, 0.29) is 0 Å². The average Bonchev–Trinajstić information content (AvgIpc) is 2.88. The summed E-state index contributed by atoms with van der Waals surface area (Å²) in [6.07, 6.45) is 3.35. The first-order valence-electron chi connectivity index (χ1n) is 13.4. The molecule has 0 unspecified atom stereocenters. The molecule has 5 heteroatoms. The summed E-state index contributed by atoms with van der Waals surface area (Å²) in [5.74, 6) is 2.51. The Balaban J connectivity index is 1.57. The van der Waals surface area contributed by atoms with Gasteiger partial charge in [-0.3, -0.25) is 0 Å². The molecule has 0 radical (unpaired) electrons. The van der Waals surface area contributed by atoms with E-state index in [0.717, 1.165) is 57.1 Å². The molecule has 0 spiro atoms. The quantitative estimate of drug-likeness (QED) is 0.421. The number of nitrogens with zero attached hydrogens (tertiary/aromatic N) is 4. The Hall–Kier alpha value is -2.92. The van der Waals surface area contributed by atoms with Gasteiger partial charge in [0.15, 0.2) is 5.82 Å². The molecule has 36 heavy (non-hydrogen) atoms. The second-order valence-electron chi connectivity index (χ2n) is 10.9. The molecule has 1 saturated heterocycles. The van der Waals surface area contributed by atoms with Crippen molar-refractivity contribution >= 4 is 11.5 Å². The number of aryl methyl sites for hydroxylation is 3. The molecule has 2 aromatic carbocycles. The van der Waals surface area contributed by atoms with Crippen LogP contribution in [0.3, 0.4) is 0 Å². The van der Waals surface area contributed by atoms with Gasteiger partial charge in [0.05, 0.1) is 11.8 Å². The van der Waals surface area contributed by atoms with Crippen molar-refractivity contribution in [1.82, 2.24) is 9.97 Å². The summed E-state index contributed by atoms with van der Waals surface area (Å²) in [5.41, 5.74) is 10.2. The summed E-state index contributed by atoms with van der Waals surface area (Å²) >= 11 is 0. The van der Waals surface area contributed by atoms with Crippen molar-refractivity contribution in [2.24, 2.45) is 0 Å². The van der Waals surface area contributed by atoms with Crippen LogP contribution < -0.4 is 9.80 Å². The number of piperidine rings is 1. The molecule has 0 saturated carbocycles. The van der Waals surface area contributed by atoms with E-state index in [1.165, 1.54) is 44.8 Å². The molecule has 1 aromatic heterocycles. The van der Waals surface area contributed by atoms with Crippen LogP contribution >= 0.6 is 0 Å². The van der Waals surface area contributed by atoms with Crippen LogP contribution in [0, 0.1) is 20.8 Å². The van der Waals surface area contributed by atoms with Crippen molar-refractivity contribution < 1.29 is 4.74 Å². The van der Waals surface area contributed by atoms with E-state index in [1.807, 2.05) is 7.11 Å². The van der Waals surface area contributed by atoms with Crippen molar-refractivity contribution in [3.05, 3.63) is 69.9 Å². The fourth-order valence-corrected chi connectivity index (χ4v) is 5.77. The van der Waals surface area contributed by atoms with Crippen molar-refractivity contribution in [2.45, 2.75) is 72.4 Å². The lowest BCUT2D eigenvalue weighted by atomic mass is 9.97. The van der Waals surface area contributed by atoms with Crippen molar-refractivity contribution in [2.75, 3.05) is 36.5 Å². The molecule has 1 fully saturated rings. The summed E-state index contributed by atoms with van der Waals surface area (Å²) in [5, 5.41) is 0. The largest absolute Gasteiger partial charge is 0.381 e. The highest BCUT2D eigenvalue weighted by Gasteiger charge is 2.29. The van der Waals surface area contributed by atoms with E-state index in [9.17, 15) is 0 Å². The van der Waals surface area contributed by atoms with Crippen LogP contribution in [0.25, 0.3) is 11.4 Å². The molecule has 5 nitrogen and oxygen atoms in total. The lowest BCUT2D eigenvalue weighted by Crippen LogP contribution is -2.40. The summed E-state index contributed by atoms with van der Waals surface area (Å²) in [7, 11) is 1.83. The zero-order valence-electron chi connectivity index (χ0n) is 22.8. The predicted molar refractivity (Wildman–Crippen MR) is 149 cm³/mol. The first kappa shape index (κ1) is 24.8. The molecule has 2 aliphatic rings. The van der Waals surface area contributed by atoms with E-state index in [4.69, 9.17) is 14.7 Å². The van der Waals surface area contributed by atoms with Crippen LogP contribution in [0.5, 0.6) is 0 Å². The van der Waals surface area contributed by atoms with Crippen molar-refractivity contribution in [3.8, 4) is 11.4 Å². The van der Waals surface area contributed by atoms with Gasteiger partial charge in [0, 0.05) is 56.5 Å². The second kappa shape index (κ2) is 10.2. The SMILES string of the molecule is COC1CCN(c2nc(-c3c(C)cccc3C)nc3c2CN(c2cc(C(C)C)ccc2C)CC3)CC1. The maximum Gasteiger partial charge on any atom is 0.162 e. The Morgan fingerprint density at radius 1 is 0.889 bits per heavy atom. The normalized spacial score (nSPS) is 16.5. The first-order valence-corrected chi connectivity index (χ1v) is 13.4. The maximum atomic E-state index is 5.66. The lowest BCUT2D eigenvalue weighted by Gasteiger charge is -2.37. The van der Waals surface area contributed by atoms with Gasteiger partial charge in [-0.2, -0.15) is 0 Å². The fraction of sp³-hybridized carbons (Fsp3) is 0.484. The monoisotopic (exact) mass is 484 g/mol. The summed E-state index contributed by atoms with van der Waals surface area (Å²) in [4.78, 5) is 15.5. The molecule has 0 atom stereocenters. The molecule has 0 amide bonds. The highest BCUT2D eigenvalue weighted by molar-refractivity contribution is 5.68. The smallest absolute Gasteiger partial charge is 0.162 e. The fourth-order valence-electron chi connectivity index (χ4n) is 5.77. The summed E-state index contributed by atoms with van der Waals surface area (Å²) < 4.78 is 5.66. The molecule has 0 aliphatic carbocycles. The maximum absolute atomic E-state index is 5.66. The number of aromatic nitrogens is 2. The van der Waals surface area contributed by atoms with Crippen molar-refractivity contribution in [1.29, 1.82) is 0 Å².